The fourth-order valence-electron chi connectivity index (χ4n) is 6.54. The van der Waals surface area contributed by atoms with Gasteiger partial charge in [0, 0.05) is 29.9 Å². The Morgan fingerprint density at radius 3 is 2.31 bits per heavy atom. The number of hydrogen-bond donors (Lipinski definition) is 3. The van der Waals surface area contributed by atoms with Crippen LogP contribution in [0.5, 0.6) is 23.0 Å². The molecule has 0 bridgehead atoms. The molecular weight excluding hydrogens is 662 g/mol. The topological polar surface area (TPSA) is 127 Å². The molecule has 52 heavy (non-hydrogen) atoms. The molecule has 5 aromatic carbocycles. The molecule has 3 atom stereocenters. The summed E-state index contributed by atoms with van der Waals surface area (Å²) in [5, 5.41) is 31.9. The minimum Gasteiger partial charge on any atom is -0.508 e. The highest BCUT2D eigenvalue weighted by atomic mass is 16.6. The van der Waals surface area contributed by atoms with E-state index in [0.29, 0.717) is 49.9 Å². The van der Waals surface area contributed by atoms with Gasteiger partial charge in [-0.2, -0.15) is 0 Å². The van der Waals surface area contributed by atoms with Crippen molar-refractivity contribution in [2.24, 2.45) is 0 Å². The van der Waals surface area contributed by atoms with Gasteiger partial charge in [-0.3, -0.25) is 0 Å². The number of nitrogens with zero attached hydrogens (tertiary/aromatic N) is 1. The Balaban J connectivity index is 1.15. The molecule has 1 fully saturated rings. The number of ether oxygens (including phenoxy) is 5. The van der Waals surface area contributed by atoms with Crippen LogP contribution in [0.1, 0.15) is 41.5 Å². The zero-order chi connectivity index (χ0) is 36.3. The smallest absolute Gasteiger partial charge is 0.415 e. The van der Waals surface area contributed by atoms with Crippen LogP contribution in [0.3, 0.4) is 0 Å². The number of likely N-dealkylation sites (tertiary alicyclic amines) is 1. The summed E-state index contributed by atoms with van der Waals surface area (Å²) in [5.41, 5.74) is 3.17. The van der Waals surface area contributed by atoms with E-state index in [0.717, 1.165) is 27.5 Å². The number of aromatic hydroxyl groups is 2. The number of para-hydroxylation sites is 1. The zero-order valence-electron chi connectivity index (χ0n) is 29.2. The SMILES string of the molecule is CCOC1CN(C(=O)Oc2cccc(CO)c2)CC(OCc2cc(O)c3ccccc3c2)C1c1ccc(OCCCOCc2ccccc2O)cc1. The molecule has 1 aliphatic heterocycles. The van der Waals surface area contributed by atoms with Gasteiger partial charge in [0.2, 0.25) is 0 Å². The van der Waals surface area contributed by atoms with Crippen molar-refractivity contribution >= 4 is 16.9 Å². The first kappa shape index (κ1) is 36.7. The summed E-state index contributed by atoms with van der Waals surface area (Å²) in [6, 6.07) is 33.1. The van der Waals surface area contributed by atoms with E-state index in [2.05, 4.69) is 0 Å². The quantitative estimate of drug-likeness (QED) is 0.0960. The van der Waals surface area contributed by atoms with E-state index in [1.54, 1.807) is 47.4 Å². The standard InChI is InChI=1S/C42H45NO9/c1-2-49-39-24-43(42(47)52-35-12-7-9-29(22-35)26-44)25-40(51-27-30-21-32-10-3-5-13-36(32)38(46)23-30)41(39)31-15-17-34(18-16-31)50-20-8-19-48-28-33-11-4-6-14-37(33)45/h3-7,9-18,21-23,39-41,44-46H,2,8,19-20,24-28H2,1H3. The molecule has 0 spiro atoms. The lowest BCUT2D eigenvalue weighted by molar-refractivity contribution is -0.0863. The van der Waals surface area contributed by atoms with Crippen molar-refractivity contribution in [3.8, 4) is 23.0 Å². The summed E-state index contributed by atoms with van der Waals surface area (Å²) in [5.74, 6) is 1.23. The second-order valence-corrected chi connectivity index (χ2v) is 12.7. The molecule has 0 aromatic heterocycles. The molecular formula is C42H45NO9. The van der Waals surface area contributed by atoms with Gasteiger partial charge in [-0.15, -0.1) is 0 Å². The Morgan fingerprint density at radius 1 is 0.750 bits per heavy atom. The average molecular weight is 708 g/mol. The van der Waals surface area contributed by atoms with Gasteiger partial charge in [-0.25, -0.2) is 4.79 Å². The van der Waals surface area contributed by atoms with Crippen molar-refractivity contribution in [1.82, 2.24) is 4.90 Å². The normalized spacial score (nSPS) is 17.3. The number of benzene rings is 5. The number of piperidine rings is 1. The molecule has 0 saturated carbocycles. The van der Waals surface area contributed by atoms with E-state index in [-0.39, 0.29) is 43.7 Å². The number of carbonyl (C=O) groups is 1. The summed E-state index contributed by atoms with van der Waals surface area (Å²) in [6.45, 7) is 4.21. The van der Waals surface area contributed by atoms with Crippen LogP contribution in [0.15, 0.2) is 109 Å². The van der Waals surface area contributed by atoms with Gasteiger partial charge in [-0.05, 0) is 71.5 Å². The third kappa shape index (κ3) is 9.40. The maximum Gasteiger partial charge on any atom is 0.415 e. The highest BCUT2D eigenvalue weighted by Crippen LogP contribution is 2.35. The van der Waals surface area contributed by atoms with Crippen molar-refractivity contribution in [1.29, 1.82) is 0 Å². The Bertz CT molecular complexity index is 1910. The van der Waals surface area contributed by atoms with Gasteiger partial charge in [-0.1, -0.05) is 66.7 Å². The largest absolute Gasteiger partial charge is 0.508 e. The third-order valence-electron chi connectivity index (χ3n) is 9.11. The Labute approximate surface area is 303 Å². The first-order valence-corrected chi connectivity index (χ1v) is 17.6. The van der Waals surface area contributed by atoms with Gasteiger partial charge in [0.1, 0.15) is 23.0 Å². The van der Waals surface area contributed by atoms with Crippen LogP contribution in [0, 0.1) is 0 Å². The van der Waals surface area contributed by atoms with Crippen molar-refractivity contribution in [2.45, 2.75) is 51.3 Å². The molecule has 1 saturated heterocycles. The summed E-state index contributed by atoms with van der Waals surface area (Å²) in [6.07, 6.45) is -0.745. The minimum atomic E-state index is -0.538. The van der Waals surface area contributed by atoms with E-state index in [4.69, 9.17) is 23.7 Å². The lowest BCUT2D eigenvalue weighted by Crippen LogP contribution is -2.55. The number of aliphatic hydroxyl groups excluding tert-OH is 1. The number of hydrogen-bond acceptors (Lipinski definition) is 9. The molecule has 272 valence electrons. The maximum absolute atomic E-state index is 13.5. The maximum atomic E-state index is 13.5. The molecule has 5 aromatic rings. The van der Waals surface area contributed by atoms with Crippen molar-refractivity contribution < 1.29 is 43.8 Å². The molecule has 1 heterocycles. The van der Waals surface area contributed by atoms with Crippen LogP contribution < -0.4 is 9.47 Å². The molecule has 0 aliphatic carbocycles. The van der Waals surface area contributed by atoms with Crippen molar-refractivity contribution in [2.75, 3.05) is 32.9 Å². The van der Waals surface area contributed by atoms with Crippen LogP contribution in [-0.4, -0.2) is 71.4 Å². The van der Waals surface area contributed by atoms with Crippen LogP contribution in [0.4, 0.5) is 4.79 Å². The van der Waals surface area contributed by atoms with Crippen LogP contribution >= 0.6 is 0 Å². The number of amides is 1. The van der Waals surface area contributed by atoms with Crippen LogP contribution in [0.25, 0.3) is 10.8 Å². The second-order valence-electron chi connectivity index (χ2n) is 12.7. The zero-order valence-corrected chi connectivity index (χ0v) is 29.2. The fraction of sp³-hybridized carbons (Fsp3) is 0.310. The van der Waals surface area contributed by atoms with Crippen molar-refractivity contribution in [3.05, 3.63) is 131 Å². The van der Waals surface area contributed by atoms with E-state index in [1.807, 2.05) is 73.7 Å². The third-order valence-corrected chi connectivity index (χ3v) is 9.11. The predicted molar refractivity (Wildman–Crippen MR) is 197 cm³/mol. The first-order chi connectivity index (χ1) is 25.4. The molecule has 10 heteroatoms. The molecule has 6 rings (SSSR count). The highest BCUT2D eigenvalue weighted by molar-refractivity contribution is 5.88. The molecule has 0 radical (unpaired) electrons. The fourth-order valence-corrected chi connectivity index (χ4v) is 6.54. The highest BCUT2D eigenvalue weighted by Gasteiger charge is 2.41. The average Bonchev–Trinajstić information content (AvgIpc) is 3.16. The second kappa shape index (κ2) is 17.9. The first-order valence-electron chi connectivity index (χ1n) is 17.6. The number of carbonyl (C=O) groups excluding carboxylic acids is 1. The lowest BCUT2D eigenvalue weighted by Gasteiger charge is -2.43. The number of phenolic OH excluding ortho intramolecular Hbond substituents is 2. The summed E-state index contributed by atoms with van der Waals surface area (Å²) >= 11 is 0. The Kier molecular flexibility index (Phi) is 12.6. The minimum absolute atomic E-state index is 0.164. The molecule has 3 unspecified atom stereocenters. The lowest BCUT2D eigenvalue weighted by atomic mass is 9.84. The predicted octanol–water partition coefficient (Wildman–Crippen LogP) is 7.32. The van der Waals surface area contributed by atoms with E-state index in [9.17, 15) is 20.1 Å². The Morgan fingerprint density at radius 2 is 1.52 bits per heavy atom. The van der Waals surface area contributed by atoms with E-state index >= 15 is 0 Å². The van der Waals surface area contributed by atoms with Gasteiger partial charge in [0.05, 0.1) is 58.3 Å². The molecule has 1 aliphatic rings. The van der Waals surface area contributed by atoms with Gasteiger partial charge in [0.25, 0.3) is 0 Å². The van der Waals surface area contributed by atoms with Gasteiger partial charge >= 0.3 is 6.09 Å². The Hall–Kier alpha value is -5.13. The van der Waals surface area contributed by atoms with Crippen LogP contribution in [0.2, 0.25) is 0 Å². The number of rotatable bonds is 15. The molecule has 10 nitrogen and oxygen atoms in total. The monoisotopic (exact) mass is 707 g/mol. The van der Waals surface area contributed by atoms with Gasteiger partial charge < -0.3 is 43.9 Å². The summed E-state index contributed by atoms with van der Waals surface area (Å²) in [7, 11) is 0. The summed E-state index contributed by atoms with van der Waals surface area (Å²) < 4.78 is 30.3. The van der Waals surface area contributed by atoms with Crippen LogP contribution in [-0.2, 0) is 34.0 Å². The number of phenols is 2. The van der Waals surface area contributed by atoms with Crippen molar-refractivity contribution in [3.63, 3.8) is 0 Å². The summed E-state index contributed by atoms with van der Waals surface area (Å²) in [4.78, 5) is 15.1. The van der Waals surface area contributed by atoms with E-state index in [1.165, 1.54) is 0 Å². The number of fused-ring (bicyclic) bond motifs is 1. The van der Waals surface area contributed by atoms with Gasteiger partial charge in [0.15, 0.2) is 0 Å². The molecule has 1 amide bonds. The number of aliphatic hydroxyl groups is 1. The molecule has 3 N–H and O–H groups in total. The van der Waals surface area contributed by atoms with E-state index < -0.39 is 18.3 Å².